The third kappa shape index (κ3) is 6.48. The van der Waals surface area contributed by atoms with Crippen molar-refractivity contribution in [3.8, 4) is 0 Å². The van der Waals surface area contributed by atoms with Gasteiger partial charge in [-0.1, -0.05) is 30.3 Å². The minimum Gasteiger partial charge on any atom is -0.375 e. The molecule has 0 bridgehead atoms. The van der Waals surface area contributed by atoms with Gasteiger partial charge >= 0.3 is 0 Å². The number of carbonyl (C=O) groups is 2. The molecule has 0 aliphatic rings. The second kappa shape index (κ2) is 10.6. The largest absolute Gasteiger partial charge is 0.375 e. The Morgan fingerprint density at radius 1 is 1.12 bits per heavy atom. The molecule has 0 spiro atoms. The van der Waals surface area contributed by atoms with Crippen molar-refractivity contribution >= 4 is 35.6 Å². The fourth-order valence-corrected chi connectivity index (χ4v) is 2.39. The van der Waals surface area contributed by atoms with Gasteiger partial charge in [0.2, 0.25) is 11.8 Å². The standard InChI is InChI=1S/C19H23N3O3.ClH/c1-13-10-15(8-9-17(13)22-18(23)12-25-2)21-19(24)16(20)11-14-6-4-3-5-7-14;/h3-10,16H,11-12,20H2,1-2H3,(H,21,24)(H,22,23);1H/t16-;/m1./s1. The Morgan fingerprint density at radius 3 is 2.42 bits per heavy atom. The zero-order valence-electron chi connectivity index (χ0n) is 14.8. The SMILES string of the molecule is COCC(=O)Nc1ccc(NC(=O)[C@H](N)Cc2ccccc2)cc1C.Cl. The maximum atomic E-state index is 12.3. The molecule has 2 amide bonds. The van der Waals surface area contributed by atoms with Crippen LogP contribution in [0, 0.1) is 6.92 Å². The molecule has 26 heavy (non-hydrogen) atoms. The fraction of sp³-hybridized carbons (Fsp3) is 0.263. The number of nitrogens with two attached hydrogens (primary N) is 1. The maximum Gasteiger partial charge on any atom is 0.250 e. The first-order chi connectivity index (χ1) is 12.0. The number of amides is 2. The Kier molecular flexibility index (Phi) is 8.78. The molecule has 0 radical (unpaired) electrons. The van der Waals surface area contributed by atoms with Gasteiger partial charge in [0.15, 0.2) is 0 Å². The summed E-state index contributed by atoms with van der Waals surface area (Å²) in [6.45, 7) is 1.84. The summed E-state index contributed by atoms with van der Waals surface area (Å²) in [6, 6.07) is 14.2. The average molecular weight is 378 g/mol. The molecule has 0 saturated carbocycles. The van der Waals surface area contributed by atoms with Gasteiger partial charge < -0.3 is 21.1 Å². The van der Waals surface area contributed by atoms with E-state index >= 15 is 0 Å². The van der Waals surface area contributed by atoms with Gasteiger partial charge in [-0.3, -0.25) is 9.59 Å². The molecule has 1 atom stereocenters. The Balaban J connectivity index is 0.00000338. The number of ether oxygens (including phenoxy) is 1. The van der Waals surface area contributed by atoms with E-state index < -0.39 is 6.04 Å². The zero-order chi connectivity index (χ0) is 18.2. The van der Waals surface area contributed by atoms with E-state index in [4.69, 9.17) is 10.5 Å². The predicted molar refractivity (Wildman–Crippen MR) is 106 cm³/mol. The quantitative estimate of drug-likeness (QED) is 0.691. The highest BCUT2D eigenvalue weighted by Crippen LogP contribution is 2.20. The van der Waals surface area contributed by atoms with Crippen molar-refractivity contribution in [2.45, 2.75) is 19.4 Å². The van der Waals surface area contributed by atoms with Crippen molar-refractivity contribution in [1.29, 1.82) is 0 Å². The Hall–Kier alpha value is -2.41. The Morgan fingerprint density at radius 2 is 1.81 bits per heavy atom. The van der Waals surface area contributed by atoms with Crippen LogP contribution in [0.4, 0.5) is 11.4 Å². The minimum atomic E-state index is -0.635. The van der Waals surface area contributed by atoms with Crippen LogP contribution in [0.5, 0.6) is 0 Å². The van der Waals surface area contributed by atoms with Gasteiger partial charge in [-0.15, -0.1) is 12.4 Å². The third-order valence-corrected chi connectivity index (χ3v) is 3.68. The van der Waals surface area contributed by atoms with Gasteiger partial charge in [0.1, 0.15) is 6.61 Å². The lowest BCUT2D eigenvalue weighted by Gasteiger charge is -2.14. The van der Waals surface area contributed by atoms with Crippen LogP contribution in [0.1, 0.15) is 11.1 Å². The summed E-state index contributed by atoms with van der Waals surface area (Å²) < 4.78 is 4.78. The van der Waals surface area contributed by atoms with Crippen molar-refractivity contribution in [3.05, 3.63) is 59.7 Å². The minimum absolute atomic E-state index is 0. The van der Waals surface area contributed by atoms with Gasteiger partial charge in [0.05, 0.1) is 6.04 Å². The molecule has 2 aromatic rings. The monoisotopic (exact) mass is 377 g/mol. The summed E-state index contributed by atoms with van der Waals surface area (Å²) in [7, 11) is 1.46. The molecule has 140 valence electrons. The molecular formula is C19H24ClN3O3. The topological polar surface area (TPSA) is 93.5 Å². The van der Waals surface area contributed by atoms with Crippen molar-refractivity contribution in [3.63, 3.8) is 0 Å². The predicted octanol–water partition coefficient (Wildman–Crippen LogP) is 2.51. The number of hydrogen-bond donors (Lipinski definition) is 3. The number of rotatable bonds is 7. The summed E-state index contributed by atoms with van der Waals surface area (Å²) in [5, 5.41) is 5.55. The molecule has 0 aliphatic heterocycles. The first-order valence-electron chi connectivity index (χ1n) is 7.99. The summed E-state index contributed by atoms with van der Waals surface area (Å²) in [5.41, 5.74) is 9.13. The van der Waals surface area contributed by atoms with Crippen LogP contribution >= 0.6 is 12.4 Å². The molecule has 0 aliphatic carbocycles. The summed E-state index contributed by atoms with van der Waals surface area (Å²) in [5.74, 6) is -0.480. The van der Waals surface area contributed by atoms with Gasteiger partial charge in [-0.05, 0) is 42.7 Å². The molecule has 0 aromatic heterocycles. The van der Waals surface area contributed by atoms with Crippen molar-refractivity contribution in [2.24, 2.45) is 5.73 Å². The number of methoxy groups -OCH3 is 1. The van der Waals surface area contributed by atoms with Gasteiger partial charge in [0.25, 0.3) is 0 Å². The second-order valence-electron chi connectivity index (χ2n) is 5.80. The van der Waals surface area contributed by atoms with Crippen LogP contribution in [0.2, 0.25) is 0 Å². The Labute approximate surface area is 159 Å². The summed E-state index contributed by atoms with van der Waals surface area (Å²) >= 11 is 0. The normalized spacial score (nSPS) is 11.2. The molecule has 0 heterocycles. The molecule has 2 aromatic carbocycles. The molecule has 2 rings (SSSR count). The van der Waals surface area contributed by atoms with E-state index in [1.54, 1.807) is 18.2 Å². The fourth-order valence-electron chi connectivity index (χ4n) is 2.39. The highest BCUT2D eigenvalue weighted by atomic mass is 35.5. The second-order valence-corrected chi connectivity index (χ2v) is 5.80. The summed E-state index contributed by atoms with van der Waals surface area (Å²) in [4.78, 5) is 23.8. The van der Waals surface area contributed by atoms with Crippen molar-refractivity contribution in [1.82, 2.24) is 0 Å². The zero-order valence-corrected chi connectivity index (χ0v) is 15.6. The van der Waals surface area contributed by atoms with Crippen molar-refractivity contribution < 1.29 is 14.3 Å². The third-order valence-electron chi connectivity index (χ3n) is 3.68. The van der Waals surface area contributed by atoms with Crippen LogP contribution in [-0.2, 0) is 20.7 Å². The van der Waals surface area contributed by atoms with Gasteiger partial charge in [0, 0.05) is 18.5 Å². The van der Waals surface area contributed by atoms with Crippen LogP contribution in [0.25, 0.3) is 0 Å². The highest BCUT2D eigenvalue weighted by Gasteiger charge is 2.15. The number of aryl methyl sites for hydroxylation is 1. The molecule has 7 heteroatoms. The van der Waals surface area contributed by atoms with E-state index in [0.717, 1.165) is 11.1 Å². The number of nitrogens with one attached hydrogen (secondary N) is 2. The van der Waals surface area contributed by atoms with E-state index in [2.05, 4.69) is 10.6 Å². The van der Waals surface area contributed by atoms with E-state index in [1.807, 2.05) is 37.3 Å². The lowest BCUT2D eigenvalue weighted by Crippen LogP contribution is -2.37. The molecule has 0 saturated heterocycles. The lowest BCUT2D eigenvalue weighted by molar-refractivity contribution is -0.119. The average Bonchev–Trinajstić information content (AvgIpc) is 2.58. The molecule has 0 fully saturated rings. The smallest absolute Gasteiger partial charge is 0.250 e. The molecule has 6 nitrogen and oxygen atoms in total. The van der Waals surface area contributed by atoms with E-state index in [9.17, 15) is 9.59 Å². The first kappa shape index (κ1) is 21.6. The number of halogens is 1. The van der Waals surface area contributed by atoms with E-state index in [-0.39, 0.29) is 30.8 Å². The first-order valence-corrected chi connectivity index (χ1v) is 7.99. The number of anilines is 2. The molecular weight excluding hydrogens is 354 g/mol. The lowest BCUT2D eigenvalue weighted by atomic mass is 10.1. The maximum absolute atomic E-state index is 12.3. The van der Waals surface area contributed by atoms with E-state index in [1.165, 1.54) is 7.11 Å². The van der Waals surface area contributed by atoms with Gasteiger partial charge in [-0.25, -0.2) is 0 Å². The van der Waals surface area contributed by atoms with Crippen molar-refractivity contribution in [2.75, 3.05) is 24.4 Å². The highest BCUT2D eigenvalue weighted by molar-refractivity contribution is 5.96. The number of hydrogen-bond acceptors (Lipinski definition) is 4. The number of carbonyl (C=O) groups excluding carboxylic acids is 2. The van der Waals surface area contributed by atoms with Gasteiger partial charge in [-0.2, -0.15) is 0 Å². The van der Waals surface area contributed by atoms with Crippen LogP contribution < -0.4 is 16.4 Å². The summed E-state index contributed by atoms with van der Waals surface area (Å²) in [6.07, 6.45) is 0.469. The van der Waals surface area contributed by atoms with Crippen LogP contribution in [0.15, 0.2) is 48.5 Å². The van der Waals surface area contributed by atoms with Crippen LogP contribution in [0.3, 0.4) is 0 Å². The molecule has 4 N–H and O–H groups in total. The van der Waals surface area contributed by atoms with Crippen LogP contribution in [-0.4, -0.2) is 31.6 Å². The van der Waals surface area contributed by atoms with E-state index in [0.29, 0.717) is 17.8 Å². The Bertz CT molecular complexity index is 738. The molecule has 0 unspecified atom stereocenters. The number of benzene rings is 2.